The summed E-state index contributed by atoms with van der Waals surface area (Å²) in [5, 5.41) is 0.633. The van der Waals surface area contributed by atoms with Gasteiger partial charge in [0.25, 0.3) is 5.56 Å². The minimum atomic E-state index is -0.323. The van der Waals surface area contributed by atoms with Gasteiger partial charge in [0.05, 0.1) is 27.9 Å². The molecule has 39 heavy (non-hydrogen) atoms. The molecule has 3 aromatic carbocycles. The van der Waals surface area contributed by atoms with Crippen LogP contribution in [0.5, 0.6) is 11.5 Å². The highest BCUT2D eigenvalue weighted by Crippen LogP contribution is 2.43. The summed E-state index contributed by atoms with van der Waals surface area (Å²) in [7, 11) is 1.59. The van der Waals surface area contributed by atoms with Crippen molar-refractivity contribution >= 4 is 50.6 Å². The number of allylic oxidation sites excluding steroid dienone is 1. The summed E-state index contributed by atoms with van der Waals surface area (Å²) in [6, 6.07) is 19.6. The van der Waals surface area contributed by atoms with Crippen molar-refractivity contribution in [1.29, 1.82) is 0 Å². The number of hydrogen-bond donors (Lipinski definition) is 0. The van der Waals surface area contributed by atoms with Crippen molar-refractivity contribution in [2.24, 2.45) is 4.99 Å². The molecule has 0 radical (unpaired) electrons. The Morgan fingerprint density at radius 1 is 1.18 bits per heavy atom. The third-order valence-corrected chi connectivity index (χ3v) is 8.88. The lowest BCUT2D eigenvalue weighted by atomic mass is 9.83. The van der Waals surface area contributed by atoms with Crippen molar-refractivity contribution in [1.82, 2.24) is 4.57 Å². The Morgan fingerprint density at radius 3 is 2.77 bits per heavy atom. The van der Waals surface area contributed by atoms with Gasteiger partial charge in [0.15, 0.2) is 16.3 Å². The van der Waals surface area contributed by atoms with Gasteiger partial charge in [-0.2, -0.15) is 0 Å². The monoisotopic (exact) mass is 618 g/mol. The minimum Gasteiger partial charge on any atom is -0.493 e. The van der Waals surface area contributed by atoms with E-state index in [2.05, 4.69) is 40.7 Å². The number of nitrogens with zero attached hydrogens (tertiary/aromatic N) is 2. The minimum absolute atomic E-state index is 0.101. The van der Waals surface area contributed by atoms with Crippen molar-refractivity contribution < 1.29 is 9.47 Å². The molecule has 0 fully saturated rings. The fourth-order valence-corrected chi connectivity index (χ4v) is 7.07. The number of methoxy groups -OCH3 is 1. The Morgan fingerprint density at radius 2 is 1.97 bits per heavy atom. The van der Waals surface area contributed by atoms with Crippen LogP contribution in [0.2, 0.25) is 5.02 Å². The number of thiazole rings is 1. The Labute approximate surface area is 243 Å². The molecular formula is C31H24BrClN2O3S. The molecule has 0 N–H and O–H groups in total. The van der Waals surface area contributed by atoms with Crippen LogP contribution < -0.4 is 24.4 Å². The molecule has 196 valence electrons. The zero-order chi connectivity index (χ0) is 27.1. The van der Waals surface area contributed by atoms with E-state index in [1.54, 1.807) is 17.8 Å². The van der Waals surface area contributed by atoms with Crippen LogP contribution in [-0.2, 0) is 6.42 Å². The van der Waals surface area contributed by atoms with Gasteiger partial charge in [-0.25, -0.2) is 4.99 Å². The van der Waals surface area contributed by atoms with Gasteiger partial charge in [0, 0.05) is 10.6 Å². The van der Waals surface area contributed by atoms with E-state index in [-0.39, 0.29) is 11.6 Å². The smallest absolute Gasteiger partial charge is 0.271 e. The summed E-state index contributed by atoms with van der Waals surface area (Å²) in [5.41, 5.74) is 6.07. The molecule has 2 heterocycles. The SMILES string of the molecule is C=CCOc1c(Br)cc(C=c2sc3n(c2=O)C(c2ccccc2Cl)C2=C(N=3)c3ccccc3CC2)cc1OC. The molecule has 1 unspecified atom stereocenters. The third-order valence-electron chi connectivity index (χ3n) is 6.97. The van der Waals surface area contributed by atoms with E-state index >= 15 is 0 Å². The van der Waals surface area contributed by atoms with E-state index in [1.807, 2.05) is 48.5 Å². The number of aryl methyl sites for hydroxylation is 1. The Balaban J connectivity index is 1.56. The van der Waals surface area contributed by atoms with E-state index < -0.39 is 0 Å². The average Bonchev–Trinajstić information content (AvgIpc) is 3.25. The molecule has 0 amide bonds. The molecule has 0 bridgehead atoms. The van der Waals surface area contributed by atoms with E-state index in [9.17, 15) is 4.79 Å². The fourth-order valence-electron chi connectivity index (χ4n) is 5.25. The zero-order valence-electron chi connectivity index (χ0n) is 21.1. The van der Waals surface area contributed by atoms with Gasteiger partial charge in [-0.15, -0.1) is 0 Å². The first kappa shape index (κ1) is 25.9. The molecule has 8 heteroatoms. The number of ether oxygens (including phenoxy) is 2. The van der Waals surface area contributed by atoms with E-state index in [0.29, 0.717) is 32.5 Å². The van der Waals surface area contributed by atoms with Gasteiger partial charge in [0.1, 0.15) is 6.61 Å². The van der Waals surface area contributed by atoms with Crippen molar-refractivity contribution in [2.75, 3.05) is 13.7 Å². The number of aromatic nitrogens is 1. The second-order valence-corrected chi connectivity index (χ2v) is 11.5. The number of benzene rings is 3. The summed E-state index contributed by atoms with van der Waals surface area (Å²) in [6.07, 6.45) is 5.25. The molecule has 6 rings (SSSR count). The Bertz CT molecular complexity index is 1840. The second-order valence-electron chi connectivity index (χ2n) is 9.27. The van der Waals surface area contributed by atoms with Gasteiger partial charge in [0.2, 0.25) is 0 Å². The van der Waals surface area contributed by atoms with Crippen LogP contribution in [0.15, 0.2) is 93.2 Å². The van der Waals surface area contributed by atoms with Gasteiger partial charge < -0.3 is 9.47 Å². The normalized spacial score (nSPS) is 16.2. The molecule has 1 aromatic heterocycles. The molecule has 1 aliphatic heterocycles. The summed E-state index contributed by atoms with van der Waals surface area (Å²) in [4.78, 5) is 19.7. The summed E-state index contributed by atoms with van der Waals surface area (Å²) >= 11 is 11.7. The Kier molecular flexibility index (Phi) is 7.06. The summed E-state index contributed by atoms with van der Waals surface area (Å²) < 4.78 is 14.4. The standard InChI is InChI=1S/C31H24BrClN2O3S/c1-3-14-38-29-23(32)15-18(16-25(29)37-2)17-26-30(36)35-28(21-10-6-7-11-24(21)33)22-13-12-19-8-4-5-9-20(19)27(22)34-31(35)39-26/h3-11,15-17,28H,1,12-14H2,2H3. The third kappa shape index (κ3) is 4.58. The molecule has 5 nitrogen and oxygen atoms in total. The topological polar surface area (TPSA) is 52.8 Å². The quantitative estimate of drug-likeness (QED) is 0.238. The molecule has 0 saturated carbocycles. The lowest BCUT2D eigenvalue weighted by molar-refractivity contribution is 0.324. The lowest BCUT2D eigenvalue weighted by Crippen LogP contribution is -2.38. The molecule has 0 saturated heterocycles. The summed E-state index contributed by atoms with van der Waals surface area (Å²) in [5.74, 6) is 1.15. The largest absolute Gasteiger partial charge is 0.493 e. The van der Waals surface area contributed by atoms with Crippen molar-refractivity contribution in [3.63, 3.8) is 0 Å². The van der Waals surface area contributed by atoms with Gasteiger partial charge in [-0.1, -0.05) is 78.1 Å². The first-order chi connectivity index (χ1) is 19.0. The Hall–Kier alpha value is -3.39. The van der Waals surface area contributed by atoms with Crippen molar-refractivity contribution in [2.45, 2.75) is 18.9 Å². The maximum atomic E-state index is 14.0. The molecular weight excluding hydrogens is 596 g/mol. The zero-order valence-corrected chi connectivity index (χ0v) is 24.3. The van der Waals surface area contributed by atoms with E-state index in [1.165, 1.54) is 16.9 Å². The van der Waals surface area contributed by atoms with Gasteiger partial charge >= 0.3 is 0 Å². The number of halogens is 2. The fraction of sp³-hybridized carbons (Fsp3) is 0.161. The van der Waals surface area contributed by atoms with Crippen LogP contribution in [0.3, 0.4) is 0 Å². The van der Waals surface area contributed by atoms with E-state index in [0.717, 1.165) is 45.3 Å². The van der Waals surface area contributed by atoms with Crippen LogP contribution >= 0.6 is 38.9 Å². The highest BCUT2D eigenvalue weighted by atomic mass is 79.9. The molecule has 2 aliphatic rings. The first-order valence-electron chi connectivity index (χ1n) is 12.5. The number of hydrogen-bond acceptors (Lipinski definition) is 5. The first-order valence-corrected chi connectivity index (χ1v) is 14.5. The molecule has 4 aromatic rings. The lowest BCUT2D eigenvalue weighted by Gasteiger charge is -2.31. The van der Waals surface area contributed by atoms with Gasteiger partial charge in [-0.3, -0.25) is 9.36 Å². The average molecular weight is 620 g/mol. The highest BCUT2D eigenvalue weighted by Gasteiger charge is 2.33. The van der Waals surface area contributed by atoms with Crippen LogP contribution in [0.25, 0.3) is 11.8 Å². The van der Waals surface area contributed by atoms with Crippen LogP contribution in [0.1, 0.15) is 34.7 Å². The van der Waals surface area contributed by atoms with Gasteiger partial charge in [-0.05, 0) is 75.3 Å². The van der Waals surface area contributed by atoms with Crippen LogP contribution in [0.4, 0.5) is 0 Å². The van der Waals surface area contributed by atoms with Crippen LogP contribution in [0, 0.1) is 0 Å². The predicted molar refractivity (Wildman–Crippen MR) is 161 cm³/mol. The second kappa shape index (κ2) is 10.6. The maximum absolute atomic E-state index is 14.0. The number of rotatable bonds is 6. The predicted octanol–water partition coefficient (Wildman–Crippen LogP) is 6.31. The van der Waals surface area contributed by atoms with E-state index in [4.69, 9.17) is 26.1 Å². The van der Waals surface area contributed by atoms with Crippen LogP contribution in [-0.4, -0.2) is 18.3 Å². The highest BCUT2D eigenvalue weighted by molar-refractivity contribution is 9.10. The molecule has 1 aliphatic carbocycles. The van der Waals surface area contributed by atoms with Crippen molar-refractivity contribution in [3.8, 4) is 11.5 Å². The molecule has 1 atom stereocenters. The maximum Gasteiger partial charge on any atom is 0.271 e. The summed E-state index contributed by atoms with van der Waals surface area (Å²) in [6.45, 7) is 4.05. The number of fused-ring (bicyclic) bond motifs is 3. The molecule has 0 spiro atoms. The van der Waals surface area contributed by atoms with Crippen molar-refractivity contribution in [3.05, 3.63) is 130 Å².